The predicted molar refractivity (Wildman–Crippen MR) is 171 cm³/mol. The molecule has 3 heterocycles. The molecule has 0 spiro atoms. The van der Waals surface area contributed by atoms with Crippen molar-refractivity contribution in [3.05, 3.63) is 53.6 Å². The summed E-state index contributed by atoms with van der Waals surface area (Å²) in [6.07, 6.45) is 5.21. The van der Waals surface area contributed by atoms with Gasteiger partial charge in [0.25, 0.3) is 5.91 Å². The average molecular weight is 615 g/mol. The van der Waals surface area contributed by atoms with Crippen LogP contribution in [0.3, 0.4) is 0 Å². The SMILES string of the molecule is CCC(CC)N(CC1CCN(C(=O)N2CCOCC2)CC1)C(C)Cc1cccc(NC(=O)c2ccc3c(c2)OCO3)c1.Cl. The van der Waals surface area contributed by atoms with Crippen molar-refractivity contribution in [2.24, 2.45) is 5.92 Å². The zero-order valence-corrected chi connectivity index (χ0v) is 26.6. The van der Waals surface area contributed by atoms with Crippen molar-refractivity contribution in [2.75, 3.05) is 58.0 Å². The number of nitrogens with zero attached hydrogens (tertiary/aromatic N) is 3. The molecule has 0 bridgehead atoms. The van der Waals surface area contributed by atoms with Crippen molar-refractivity contribution >= 4 is 30.0 Å². The highest BCUT2D eigenvalue weighted by Gasteiger charge is 2.30. The third-order valence-corrected chi connectivity index (χ3v) is 8.96. The maximum absolute atomic E-state index is 13.0. The molecule has 1 N–H and O–H groups in total. The lowest BCUT2D eigenvalue weighted by Crippen LogP contribution is -2.52. The molecule has 2 aromatic rings. The molecule has 9 nitrogen and oxygen atoms in total. The van der Waals surface area contributed by atoms with Crippen molar-refractivity contribution in [2.45, 2.75) is 65.0 Å². The lowest BCUT2D eigenvalue weighted by atomic mass is 9.93. The summed E-state index contributed by atoms with van der Waals surface area (Å²) in [5.41, 5.74) is 2.53. The van der Waals surface area contributed by atoms with E-state index in [-0.39, 0.29) is 31.1 Å². The Kier molecular flexibility index (Phi) is 12.0. The fraction of sp³-hybridized carbons (Fsp3) is 0.576. The summed E-state index contributed by atoms with van der Waals surface area (Å²) in [5, 5.41) is 3.05. The number of hydrogen-bond donors (Lipinski definition) is 1. The molecule has 0 aromatic heterocycles. The number of halogens is 1. The third-order valence-electron chi connectivity index (χ3n) is 8.96. The first-order chi connectivity index (χ1) is 20.4. The van der Waals surface area contributed by atoms with Crippen LogP contribution in [-0.4, -0.2) is 91.5 Å². The van der Waals surface area contributed by atoms with Gasteiger partial charge in [-0.2, -0.15) is 0 Å². The van der Waals surface area contributed by atoms with Gasteiger partial charge in [-0.3, -0.25) is 9.69 Å². The van der Waals surface area contributed by atoms with E-state index in [2.05, 4.69) is 43.1 Å². The number of rotatable bonds is 10. The molecule has 2 saturated heterocycles. The van der Waals surface area contributed by atoms with Crippen molar-refractivity contribution in [3.8, 4) is 11.5 Å². The zero-order chi connectivity index (χ0) is 29.5. The van der Waals surface area contributed by atoms with Gasteiger partial charge in [0.05, 0.1) is 13.2 Å². The molecule has 1 unspecified atom stereocenters. The lowest BCUT2D eigenvalue weighted by molar-refractivity contribution is 0.0371. The van der Waals surface area contributed by atoms with Gasteiger partial charge in [0.2, 0.25) is 6.79 Å². The van der Waals surface area contributed by atoms with Gasteiger partial charge in [-0.05, 0) is 80.8 Å². The van der Waals surface area contributed by atoms with Crippen LogP contribution in [0.5, 0.6) is 11.5 Å². The zero-order valence-electron chi connectivity index (χ0n) is 25.8. The third kappa shape index (κ3) is 8.34. The molecule has 3 aliphatic rings. The summed E-state index contributed by atoms with van der Waals surface area (Å²) in [7, 11) is 0. The summed E-state index contributed by atoms with van der Waals surface area (Å²) in [5.74, 6) is 1.67. The van der Waals surface area contributed by atoms with Crippen LogP contribution in [0.15, 0.2) is 42.5 Å². The number of urea groups is 1. The Bertz CT molecular complexity index is 1210. The summed E-state index contributed by atoms with van der Waals surface area (Å²) in [6.45, 7) is 12.5. The van der Waals surface area contributed by atoms with Crippen LogP contribution < -0.4 is 14.8 Å². The highest BCUT2D eigenvalue weighted by atomic mass is 35.5. The van der Waals surface area contributed by atoms with Crippen LogP contribution in [0.4, 0.5) is 10.5 Å². The van der Waals surface area contributed by atoms with E-state index in [1.807, 2.05) is 21.9 Å². The molecular weight excluding hydrogens is 568 g/mol. The number of piperidine rings is 1. The second-order valence-corrected chi connectivity index (χ2v) is 11.8. The number of ether oxygens (including phenoxy) is 3. The Hall–Kier alpha value is -3.01. The number of anilines is 1. The summed E-state index contributed by atoms with van der Waals surface area (Å²) < 4.78 is 16.2. The van der Waals surface area contributed by atoms with Gasteiger partial charge in [0, 0.05) is 56.1 Å². The maximum atomic E-state index is 13.0. The number of hydrogen-bond acceptors (Lipinski definition) is 6. The maximum Gasteiger partial charge on any atom is 0.320 e. The number of amides is 3. The largest absolute Gasteiger partial charge is 0.454 e. The van der Waals surface area contributed by atoms with Crippen LogP contribution in [0.1, 0.15) is 62.4 Å². The summed E-state index contributed by atoms with van der Waals surface area (Å²) in [6, 6.07) is 14.5. The first kappa shape index (κ1) is 32.9. The van der Waals surface area contributed by atoms with Gasteiger partial charge in [0.15, 0.2) is 11.5 Å². The smallest absolute Gasteiger partial charge is 0.320 e. The number of fused-ring (bicyclic) bond motifs is 1. The molecule has 1 atom stereocenters. The van der Waals surface area contributed by atoms with E-state index in [1.165, 1.54) is 5.56 Å². The molecule has 3 amide bonds. The molecule has 2 fully saturated rings. The summed E-state index contributed by atoms with van der Waals surface area (Å²) in [4.78, 5) is 32.6. The quantitative estimate of drug-likeness (QED) is 0.371. The van der Waals surface area contributed by atoms with Crippen LogP contribution in [0, 0.1) is 5.92 Å². The van der Waals surface area contributed by atoms with Crippen molar-refractivity contribution in [1.29, 1.82) is 0 Å². The van der Waals surface area contributed by atoms with Crippen LogP contribution in [-0.2, 0) is 11.2 Å². The molecule has 236 valence electrons. The minimum Gasteiger partial charge on any atom is -0.454 e. The van der Waals surface area contributed by atoms with Crippen molar-refractivity contribution in [1.82, 2.24) is 14.7 Å². The van der Waals surface area contributed by atoms with E-state index < -0.39 is 0 Å². The second-order valence-electron chi connectivity index (χ2n) is 11.8. The Balaban J connectivity index is 0.00000423. The summed E-state index contributed by atoms with van der Waals surface area (Å²) >= 11 is 0. The normalized spacial score (nSPS) is 17.6. The van der Waals surface area contributed by atoms with Gasteiger partial charge in [-0.15, -0.1) is 12.4 Å². The minimum absolute atomic E-state index is 0. The van der Waals surface area contributed by atoms with Crippen LogP contribution >= 0.6 is 12.4 Å². The number of morpholine rings is 1. The molecule has 3 aliphatic heterocycles. The Morgan fingerprint density at radius 1 is 0.953 bits per heavy atom. The van der Waals surface area contributed by atoms with Gasteiger partial charge in [0.1, 0.15) is 0 Å². The molecule has 43 heavy (non-hydrogen) atoms. The van der Waals surface area contributed by atoms with Crippen LogP contribution in [0.2, 0.25) is 0 Å². The molecule has 0 radical (unpaired) electrons. The monoisotopic (exact) mass is 614 g/mol. The first-order valence-electron chi connectivity index (χ1n) is 15.6. The minimum atomic E-state index is -0.171. The fourth-order valence-corrected chi connectivity index (χ4v) is 6.48. The molecule has 0 saturated carbocycles. The van der Waals surface area contributed by atoms with Gasteiger partial charge in [-0.1, -0.05) is 26.0 Å². The van der Waals surface area contributed by atoms with E-state index in [0.29, 0.717) is 61.4 Å². The number of benzene rings is 2. The number of carbonyl (C=O) groups is 2. The van der Waals surface area contributed by atoms with E-state index in [1.54, 1.807) is 18.2 Å². The molecule has 5 rings (SSSR count). The Labute approximate surface area is 262 Å². The molecular formula is C33H47ClN4O5. The van der Waals surface area contributed by atoms with E-state index >= 15 is 0 Å². The van der Waals surface area contributed by atoms with Crippen molar-refractivity contribution in [3.63, 3.8) is 0 Å². The first-order valence-corrected chi connectivity index (χ1v) is 15.6. The topological polar surface area (TPSA) is 83.6 Å². The standard InChI is InChI=1S/C33H46N4O5.ClH/c1-4-29(5-2)37(22-25-11-13-35(14-12-25)33(39)36-15-17-40-18-16-36)24(3)19-26-7-6-8-28(20-26)34-32(38)27-9-10-30-31(21-27)42-23-41-30;/h6-10,20-21,24-25,29H,4-5,11-19,22-23H2,1-3H3,(H,34,38);1H. The Morgan fingerprint density at radius 3 is 2.37 bits per heavy atom. The average Bonchev–Trinajstić information content (AvgIpc) is 3.50. The van der Waals surface area contributed by atoms with Gasteiger partial charge in [-0.25, -0.2) is 4.79 Å². The highest BCUT2D eigenvalue weighted by Crippen LogP contribution is 2.33. The number of nitrogens with one attached hydrogen (secondary N) is 1. The number of carbonyl (C=O) groups excluding carboxylic acids is 2. The van der Waals surface area contributed by atoms with E-state index in [9.17, 15) is 9.59 Å². The van der Waals surface area contributed by atoms with E-state index in [0.717, 1.165) is 57.4 Å². The number of likely N-dealkylation sites (tertiary alicyclic amines) is 1. The van der Waals surface area contributed by atoms with Crippen LogP contribution in [0.25, 0.3) is 0 Å². The highest BCUT2D eigenvalue weighted by molar-refractivity contribution is 6.04. The molecule has 10 heteroatoms. The fourth-order valence-electron chi connectivity index (χ4n) is 6.48. The molecule has 2 aromatic carbocycles. The van der Waals surface area contributed by atoms with E-state index in [4.69, 9.17) is 14.2 Å². The van der Waals surface area contributed by atoms with Crippen molar-refractivity contribution < 1.29 is 23.8 Å². The Morgan fingerprint density at radius 2 is 1.65 bits per heavy atom. The van der Waals surface area contributed by atoms with Gasteiger partial charge >= 0.3 is 6.03 Å². The molecule has 0 aliphatic carbocycles. The predicted octanol–water partition coefficient (Wildman–Crippen LogP) is 5.68. The lowest BCUT2D eigenvalue weighted by Gasteiger charge is -2.42. The second kappa shape index (κ2) is 15.6. The van der Waals surface area contributed by atoms with Gasteiger partial charge < -0.3 is 29.3 Å².